The van der Waals surface area contributed by atoms with Gasteiger partial charge in [-0.05, 0) is 47.5 Å². The largest absolute Gasteiger partial charge is 0.507 e. The highest BCUT2D eigenvalue weighted by atomic mass is 35.5. The lowest BCUT2D eigenvalue weighted by atomic mass is 9.95. The first-order valence-corrected chi connectivity index (χ1v) is 9.66. The molecular weight excluding hydrogens is 423 g/mol. The van der Waals surface area contributed by atoms with Gasteiger partial charge in [0.05, 0.1) is 16.6 Å². The van der Waals surface area contributed by atoms with Crippen molar-refractivity contribution < 1.29 is 24.2 Å². The Morgan fingerprint density at radius 2 is 1.74 bits per heavy atom. The third-order valence-corrected chi connectivity index (χ3v) is 5.35. The second-order valence-electron chi connectivity index (χ2n) is 7.00. The van der Waals surface area contributed by atoms with E-state index >= 15 is 0 Å². The third-order valence-electron chi connectivity index (χ3n) is 5.05. The number of aliphatic hydroxyl groups excluding tert-OH is 1. The molecular formula is C23H16ClFN2O4. The highest BCUT2D eigenvalue weighted by Gasteiger charge is 2.46. The number of hydrogen-bond acceptors (Lipinski definition) is 5. The minimum absolute atomic E-state index is 0.00113. The Morgan fingerprint density at radius 3 is 2.39 bits per heavy atom. The highest BCUT2D eigenvalue weighted by molar-refractivity contribution is 6.46. The van der Waals surface area contributed by atoms with Crippen LogP contribution in [-0.2, 0) is 16.1 Å². The lowest BCUT2D eigenvalue weighted by molar-refractivity contribution is -0.140. The van der Waals surface area contributed by atoms with Crippen molar-refractivity contribution in [2.24, 2.45) is 0 Å². The average molecular weight is 439 g/mol. The van der Waals surface area contributed by atoms with Gasteiger partial charge in [-0.25, -0.2) is 4.39 Å². The number of halogens is 2. The summed E-state index contributed by atoms with van der Waals surface area (Å²) in [7, 11) is 0. The third kappa shape index (κ3) is 3.87. The lowest BCUT2D eigenvalue weighted by Gasteiger charge is -2.25. The van der Waals surface area contributed by atoms with Crippen molar-refractivity contribution in [2.75, 3.05) is 0 Å². The van der Waals surface area contributed by atoms with Crippen LogP contribution in [0.4, 0.5) is 4.39 Å². The van der Waals surface area contributed by atoms with E-state index in [0.29, 0.717) is 16.7 Å². The second-order valence-corrected chi connectivity index (χ2v) is 7.41. The molecule has 1 unspecified atom stereocenters. The summed E-state index contributed by atoms with van der Waals surface area (Å²) in [6.45, 7) is 0.00113. The molecule has 8 heteroatoms. The number of phenols is 1. The van der Waals surface area contributed by atoms with Crippen LogP contribution in [0.3, 0.4) is 0 Å². The fourth-order valence-electron chi connectivity index (χ4n) is 3.53. The number of pyridine rings is 1. The summed E-state index contributed by atoms with van der Waals surface area (Å²) in [6.07, 6.45) is 2.91. The van der Waals surface area contributed by atoms with Crippen molar-refractivity contribution in [3.63, 3.8) is 0 Å². The van der Waals surface area contributed by atoms with Crippen molar-refractivity contribution in [2.45, 2.75) is 12.6 Å². The lowest BCUT2D eigenvalue weighted by Crippen LogP contribution is -2.29. The fourth-order valence-corrected chi connectivity index (χ4v) is 3.72. The summed E-state index contributed by atoms with van der Waals surface area (Å²) in [5, 5.41) is 20.7. The molecule has 0 saturated carbocycles. The predicted molar refractivity (Wildman–Crippen MR) is 112 cm³/mol. The maximum absolute atomic E-state index is 13.3. The topological polar surface area (TPSA) is 90.7 Å². The van der Waals surface area contributed by atoms with Gasteiger partial charge in [0.2, 0.25) is 0 Å². The molecule has 2 N–H and O–H groups in total. The average Bonchev–Trinajstić information content (AvgIpc) is 3.02. The fraction of sp³-hybridized carbons (Fsp3) is 0.0870. The van der Waals surface area contributed by atoms with Crippen LogP contribution in [0.15, 0.2) is 72.6 Å². The molecule has 1 saturated heterocycles. The number of aliphatic hydroxyl groups is 1. The van der Waals surface area contributed by atoms with Gasteiger partial charge in [-0.2, -0.15) is 0 Å². The van der Waals surface area contributed by atoms with Crippen LogP contribution < -0.4 is 0 Å². The molecule has 6 nitrogen and oxygen atoms in total. The number of rotatable bonds is 4. The summed E-state index contributed by atoms with van der Waals surface area (Å²) in [6, 6.07) is 11.9. The first-order chi connectivity index (χ1) is 14.9. The van der Waals surface area contributed by atoms with Crippen molar-refractivity contribution in [3.05, 3.63) is 100 Å². The first kappa shape index (κ1) is 20.6. The minimum atomic E-state index is -0.962. The second kappa shape index (κ2) is 8.20. The number of hydrogen-bond donors (Lipinski definition) is 2. The molecule has 1 amide bonds. The summed E-state index contributed by atoms with van der Waals surface area (Å²) in [4.78, 5) is 31.0. The highest BCUT2D eigenvalue weighted by Crippen LogP contribution is 2.41. The summed E-state index contributed by atoms with van der Waals surface area (Å²) < 4.78 is 13.3. The van der Waals surface area contributed by atoms with E-state index in [1.807, 2.05) is 0 Å². The first-order valence-electron chi connectivity index (χ1n) is 9.28. The summed E-state index contributed by atoms with van der Waals surface area (Å²) in [5.74, 6) is -2.60. The molecule has 1 atom stereocenters. The number of Topliss-reactive ketones (excluding diaryl/α,β-unsaturated/α-hetero) is 1. The number of benzene rings is 2. The maximum atomic E-state index is 13.3. The van der Waals surface area contributed by atoms with Gasteiger partial charge in [0, 0.05) is 24.5 Å². The molecule has 2 aromatic carbocycles. The Balaban J connectivity index is 1.87. The van der Waals surface area contributed by atoms with Gasteiger partial charge >= 0.3 is 0 Å². The van der Waals surface area contributed by atoms with Crippen LogP contribution >= 0.6 is 11.6 Å². The molecule has 0 spiro atoms. The summed E-state index contributed by atoms with van der Waals surface area (Å²) in [5.41, 5.74) is 1.24. The van der Waals surface area contributed by atoms with Crippen molar-refractivity contribution in [3.8, 4) is 5.75 Å². The minimum Gasteiger partial charge on any atom is -0.507 e. The molecule has 1 aliphatic rings. The smallest absolute Gasteiger partial charge is 0.295 e. The SMILES string of the molecule is O=C1C(=O)N(Cc2ccc(F)cc2)C(c2ccc(O)c(Cl)c2)/C1=C(/O)c1ccncc1. The van der Waals surface area contributed by atoms with Gasteiger partial charge in [-0.3, -0.25) is 14.6 Å². The predicted octanol–water partition coefficient (Wildman–Crippen LogP) is 4.20. The van der Waals surface area contributed by atoms with Gasteiger partial charge in [-0.15, -0.1) is 0 Å². The quantitative estimate of drug-likeness (QED) is 0.362. The van der Waals surface area contributed by atoms with E-state index in [1.165, 1.54) is 71.9 Å². The van der Waals surface area contributed by atoms with E-state index in [1.54, 1.807) is 0 Å². The van der Waals surface area contributed by atoms with E-state index in [9.17, 15) is 24.2 Å². The molecule has 1 aliphatic heterocycles. The van der Waals surface area contributed by atoms with Gasteiger partial charge < -0.3 is 15.1 Å². The Morgan fingerprint density at radius 1 is 1.06 bits per heavy atom. The zero-order chi connectivity index (χ0) is 22.1. The molecule has 1 aromatic heterocycles. The van der Waals surface area contributed by atoms with E-state index in [2.05, 4.69) is 4.98 Å². The van der Waals surface area contributed by atoms with Gasteiger partial charge in [-0.1, -0.05) is 29.8 Å². The number of carbonyl (C=O) groups excluding carboxylic acids is 2. The number of likely N-dealkylation sites (tertiary alicyclic amines) is 1. The zero-order valence-corrected chi connectivity index (χ0v) is 16.8. The number of ketones is 1. The van der Waals surface area contributed by atoms with E-state index in [-0.39, 0.29) is 28.6 Å². The normalized spacial score (nSPS) is 17.9. The maximum Gasteiger partial charge on any atom is 0.295 e. The number of nitrogens with zero attached hydrogens (tertiary/aromatic N) is 2. The molecule has 0 aliphatic carbocycles. The summed E-state index contributed by atoms with van der Waals surface area (Å²) >= 11 is 6.07. The number of aromatic hydroxyl groups is 1. The molecule has 31 heavy (non-hydrogen) atoms. The van der Waals surface area contributed by atoms with Crippen LogP contribution in [0.25, 0.3) is 5.76 Å². The monoisotopic (exact) mass is 438 g/mol. The van der Waals surface area contributed by atoms with Crippen molar-refractivity contribution in [1.82, 2.24) is 9.88 Å². The van der Waals surface area contributed by atoms with E-state index in [0.717, 1.165) is 0 Å². The Kier molecular flexibility index (Phi) is 5.44. The van der Waals surface area contributed by atoms with Crippen LogP contribution in [0.1, 0.15) is 22.7 Å². The van der Waals surface area contributed by atoms with Gasteiger partial charge in [0.1, 0.15) is 17.3 Å². The van der Waals surface area contributed by atoms with Crippen molar-refractivity contribution >= 4 is 29.1 Å². The Hall–Kier alpha value is -3.71. The molecule has 0 radical (unpaired) electrons. The molecule has 4 rings (SSSR count). The number of amides is 1. The zero-order valence-electron chi connectivity index (χ0n) is 16.0. The van der Waals surface area contributed by atoms with Gasteiger partial charge in [0.15, 0.2) is 0 Å². The molecule has 2 heterocycles. The Labute approximate surface area is 181 Å². The van der Waals surface area contributed by atoms with Crippen LogP contribution in [0.2, 0.25) is 5.02 Å². The van der Waals surface area contributed by atoms with Crippen LogP contribution in [0.5, 0.6) is 5.75 Å². The molecule has 1 fully saturated rings. The van der Waals surface area contributed by atoms with Crippen LogP contribution in [0, 0.1) is 5.82 Å². The van der Waals surface area contributed by atoms with E-state index < -0.39 is 23.5 Å². The molecule has 0 bridgehead atoms. The number of carbonyl (C=O) groups is 2. The Bertz CT molecular complexity index is 1200. The number of phenolic OH excluding ortho intramolecular Hbond substituents is 1. The molecule has 3 aromatic rings. The van der Waals surface area contributed by atoms with Gasteiger partial charge in [0.25, 0.3) is 11.7 Å². The number of aromatic nitrogens is 1. The van der Waals surface area contributed by atoms with Crippen LogP contribution in [-0.4, -0.2) is 31.8 Å². The molecule has 156 valence electrons. The standard InChI is InChI=1S/C23H16ClFN2O4/c24-17-11-15(3-6-18(17)28)20-19(21(29)14-7-9-26-10-8-14)22(30)23(31)27(20)12-13-1-4-16(25)5-2-13/h1-11,20,28-29H,12H2/b21-19-. The van der Waals surface area contributed by atoms with Crippen molar-refractivity contribution in [1.29, 1.82) is 0 Å². The van der Waals surface area contributed by atoms with E-state index in [4.69, 9.17) is 11.6 Å².